The Hall–Kier alpha value is -1.90. The highest BCUT2D eigenvalue weighted by Gasteiger charge is 2.08. The molecule has 2 nitrogen and oxygen atoms in total. The fourth-order valence-corrected chi connectivity index (χ4v) is 2.33. The van der Waals surface area contributed by atoms with Crippen LogP contribution in [0.3, 0.4) is 0 Å². The highest BCUT2D eigenvalue weighted by molar-refractivity contribution is 5.63. The summed E-state index contributed by atoms with van der Waals surface area (Å²) in [5.41, 5.74) is 7.07. The van der Waals surface area contributed by atoms with E-state index in [1.165, 1.54) is 16.7 Å². The van der Waals surface area contributed by atoms with E-state index in [4.69, 9.17) is 0 Å². The molecule has 104 valence electrons. The molecule has 0 radical (unpaired) electrons. The van der Waals surface area contributed by atoms with E-state index >= 15 is 0 Å². The quantitative estimate of drug-likeness (QED) is 0.607. The van der Waals surface area contributed by atoms with E-state index in [9.17, 15) is 5.21 Å². The first-order chi connectivity index (χ1) is 9.69. The Bertz CT molecular complexity index is 545. The summed E-state index contributed by atoms with van der Waals surface area (Å²) in [5, 5.41) is 9.18. The molecule has 0 spiro atoms. The number of hydrogen-bond donors (Lipinski definition) is 2. The summed E-state index contributed by atoms with van der Waals surface area (Å²) in [4.78, 5) is 0. The van der Waals surface area contributed by atoms with E-state index < -0.39 is 0 Å². The molecule has 0 heterocycles. The van der Waals surface area contributed by atoms with Crippen molar-refractivity contribution in [2.75, 3.05) is 0 Å². The van der Waals surface area contributed by atoms with Gasteiger partial charge in [-0.2, -0.15) is 0 Å². The molecular formula is C18H21NO. The van der Waals surface area contributed by atoms with E-state index in [0.717, 1.165) is 18.4 Å². The lowest BCUT2D eigenvalue weighted by molar-refractivity contribution is 0.125. The Balaban J connectivity index is 2.06. The monoisotopic (exact) mass is 267 g/mol. The predicted octanol–water partition coefficient (Wildman–Crippen LogP) is 4.21. The Kier molecular flexibility index (Phi) is 5.10. The van der Waals surface area contributed by atoms with Crippen LogP contribution in [0.5, 0.6) is 0 Å². The Morgan fingerprint density at radius 3 is 2.20 bits per heavy atom. The number of rotatable bonds is 6. The van der Waals surface area contributed by atoms with Crippen LogP contribution in [0.25, 0.3) is 11.1 Å². The molecule has 0 aromatic heterocycles. The van der Waals surface area contributed by atoms with Crippen LogP contribution >= 0.6 is 0 Å². The molecule has 0 unspecified atom stereocenters. The third-order valence-electron chi connectivity index (χ3n) is 3.32. The molecule has 0 bridgehead atoms. The van der Waals surface area contributed by atoms with Crippen molar-refractivity contribution < 1.29 is 5.21 Å². The third-order valence-corrected chi connectivity index (χ3v) is 3.32. The van der Waals surface area contributed by atoms with Crippen LogP contribution in [-0.2, 0) is 6.42 Å². The van der Waals surface area contributed by atoms with Gasteiger partial charge in [-0.3, -0.25) is 0 Å². The van der Waals surface area contributed by atoms with Gasteiger partial charge in [0.2, 0.25) is 0 Å². The van der Waals surface area contributed by atoms with Gasteiger partial charge in [0.1, 0.15) is 0 Å². The Morgan fingerprint density at radius 2 is 1.65 bits per heavy atom. The van der Waals surface area contributed by atoms with E-state index in [2.05, 4.69) is 48.5 Å². The molecular weight excluding hydrogens is 246 g/mol. The highest BCUT2D eigenvalue weighted by atomic mass is 16.5. The van der Waals surface area contributed by atoms with Crippen LogP contribution in [-0.4, -0.2) is 11.2 Å². The van der Waals surface area contributed by atoms with Crippen molar-refractivity contribution in [1.29, 1.82) is 0 Å². The molecule has 0 fully saturated rings. The second-order valence-corrected chi connectivity index (χ2v) is 5.25. The van der Waals surface area contributed by atoms with Crippen molar-refractivity contribution in [1.82, 2.24) is 5.48 Å². The van der Waals surface area contributed by atoms with Crippen LogP contribution in [0.1, 0.15) is 18.9 Å². The lowest BCUT2D eigenvalue weighted by Gasteiger charge is -2.15. The molecule has 0 amide bonds. The molecule has 2 rings (SSSR count). The molecule has 2 N–H and O–H groups in total. The van der Waals surface area contributed by atoms with Gasteiger partial charge >= 0.3 is 0 Å². The minimum absolute atomic E-state index is 0.0232. The lowest BCUT2D eigenvalue weighted by Crippen LogP contribution is -2.28. The van der Waals surface area contributed by atoms with Crippen LogP contribution < -0.4 is 5.48 Å². The molecule has 2 aromatic rings. The fraction of sp³-hybridized carbons (Fsp3) is 0.222. The predicted molar refractivity (Wildman–Crippen MR) is 83.7 cm³/mol. The lowest BCUT2D eigenvalue weighted by atomic mass is 9.98. The topological polar surface area (TPSA) is 32.3 Å². The average molecular weight is 267 g/mol. The molecule has 0 aliphatic heterocycles. The number of benzene rings is 2. The van der Waals surface area contributed by atoms with Gasteiger partial charge in [-0.25, -0.2) is 5.48 Å². The maximum Gasteiger partial charge on any atom is 0.0396 e. The van der Waals surface area contributed by atoms with E-state index in [0.29, 0.717) is 0 Å². The number of hydroxylamine groups is 1. The van der Waals surface area contributed by atoms with Gasteiger partial charge in [0.15, 0.2) is 0 Å². The van der Waals surface area contributed by atoms with Gasteiger partial charge < -0.3 is 5.21 Å². The molecule has 0 aliphatic rings. The molecule has 0 saturated carbocycles. The van der Waals surface area contributed by atoms with Gasteiger partial charge in [0.25, 0.3) is 0 Å². The van der Waals surface area contributed by atoms with Crippen molar-refractivity contribution in [3.05, 3.63) is 72.3 Å². The first-order valence-corrected chi connectivity index (χ1v) is 6.87. The van der Waals surface area contributed by atoms with Crippen LogP contribution in [0.4, 0.5) is 0 Å². The summed E-state index contributed by atoms with van der Waals surface area (Å²) >= 11 is 0. The minimum atomic E-state index is 0.0232. The maximum atomic E-state index is 9.18. The smallest absolute Gasteiger partial charge is 0.0396 e. The minimum Gasteiger partial charge on any atom is -0.317 e. The van der Waals surface area contributed by atoms with Gasteiger partial charge in [-0.15, -0.1) is 6.58 Å². The molecule has 0 saturated heterocycles. The summed E-state index contributed by atoms with van der Waals surface area (Å²) in [6, 6.07) is 18.8. The average Bonchev–Trinajstić information content (AvgIpc) is 2.48. The summed E-state index contributed by atoms with van der Waals surface area (Å²) < 4.78 is 0. The molecule has 0 aliphatic carbocycles. The van der Waals surface area contributed by atoms with E-state index in [1.54, 1.807) is 0 Å². The van der Waals surface area contributed by atoms with Gasteiger partial charge in [-0.1, -0.05) is 60.2 Å². The van der Waals surface area contributed by atoms with Gasteiger partial charge in [-0.05, 0) is 36.5 Å². The normalized spacial score (nSPS) is 12.1. The second kappa shape index (κ2) is 7.04. The molecule has 20 heavy (non-hydrogen) atoms. The first kappa shape index (κ1) is 14.5. The van der Waals surface area contributed by atoms with Crippen LogP contribution in [0.2, 0.25) is 0 Å². The van der Waals surface area contributed by atoms with E-state index in [1.807, 2.05) is 25.1 Å². The SMILES string of the molecule is C=C(C)C[C@H](Cc1ccc(-c2ccccc2)cc1)NO. The van der Waals surface area contributed by atoms with Crippen molar-refractivity contribution in [2.45, 2.75) is 25.8 Å². The van der Waals surface area contributed by atoms with Crippen molar-refractivity contribution >= 4 is 0 Å². The zero-order valence-electron chi connectivity index (χ0n) is 11.8. The van der Waals surface area contributed by atoms with E-state index in [-0.39, 0.29) is 6.04 Å². The van der Waals surface area contributed by atoms with Crippen molar-refractivity contribution in [3.63, 3.8) is 0 Å². The maximum absolute atomic E-state index is 9.18. The summed E-state index contributed by atoms with van der Waals surface area (Å²) in [5.74, 6) is 0. The molecule has 2 heteroatoms. The highest BCUT2D eigenvalue weighted by Crippen LogP contribution is 2.20. The van der Waals surface area contributed by atoms with Crippen molar-refractivity contribution in [3.8, 4) is 11.1 Å². The Labute approximate surface area is 120 Å². The zero-order valence-corrected chi connectivity index (χ0v) is 11.8. The Morgan fingerprint density at radius 1 is 1.05 bits per heavy atom. The second-order valence-electron chi connectivity index (χ2n) is 5.25. The van der Waals surface area contributed by atoms with Gasteiger partial charge in [0, 0.05) is 6.04 Å². The van der Waals surface area contributed by atoms with Crippen LogP contribution in [0.15, 0.2) is 66.7 Å². The number of nitrogens with one attached hydrogen (secondary N) is 1. The first-order valence-electron chi connectivity index (χ1n) is 6.87. The third kappa shape index (κ3) is 4.05. The zero-order chi connectivity index (χ0) is 14.4. The number of hydrogen-bond acceptors (Lipinski definition) is 2. The van der Waals surface area contributed by atoms with Crippen LogP contribution in [0, 0.1) is 0 Å². The van der Waals surface area contributed by atoms with Gasteiger partial charge in [0.05, 0.1) is 0 Å². The summed E-state index contributed by atoms with van der Waals surface area (Å²) in [7, 11) is 0. The molecule has 2 aromatic carbocycles. The summed E-state index contributed by atoms with van der Waals surface area (Å²) in [6.07, 6.45) is 1.56. The molecule has 1 atom stereocenters. The summed E-state index contributed by atoms with van der Waals surface area (Å²) in [6.45, 7) is 5.86. The fourth-order valence-electron chi connectivity index (χ4n) is 2.33. The standard InChI is InChI=1S/C18H21NO/c1-14(2)12-18(19-20)13-15-8-10-17(11-9-15)16-6-4-3-5-7-16/h3-11,18-20H,1,12-13H2,2H3/t18-/m1/s1. The van der Waals surface area contributed by atoms with Crippen molar-refractivity contribution in [2.24, 2.45) is 0 Å². The largest absolute Gasteiger partial charge is 0.317 e.